The van der Waals surface area contributed by atoms with Gasteiger partial charge in [-0.15, -0.1) is 0 Å². The van der Waals surface area contributed by atoms with E-state index in [0.717, 1.165) is 36.6 Å². The van der Waals surface area contributed by atoms with Crippen LogP contribution in [0.5, 0.6) is 5.75 Å². The lowest BCUT2D eigenvalue weighted by Gasteiger charge is -2.32. The van der Waals surface area contributed by atoms with Gasteiger partial charge in [0, 0.05) is 23.7 Å². The van der Waals surface area contributed by atoms with Crippen molar-refractivity contribution >= 4 is 40.0 Å². The van der Waals surface area contributed by atoms with E-state index in [1.165, 1.54) is 17.9 Å². The van der Waals surface area contributed by atoms with E-state index >= 15 is 0 Å². The molecule has 1 aliphatic rings. The third kappa shape index (κ3) is 3.38. The number of carbonyl (C=O) groups is 1. The smallest absolute Gasteiger partial charge is 0.275 e. The summed E-state index contributed by atoms with van der Waals surface area (Å²) in [4.78, 5) is 24.1. The van der Waals surface area contributed by atoms with Crippen LogP contribution in [-0.4, -0.2) is 32.4 Å². The number of carbonyl (C=O) groups excluding carboxylic acids is 1. The van der Waals surface area contributed by atoms with Gasteiger partial charge in [0.2, 0.25) is 0 Å². The van der Waals surface area contributed by atoms with Gasteiger partial charge in [-0.05, 0) is 31.0 Å². The lowest BCUT2D eigenvalue weighted by molar-refractivity contribution is 0.0952. The van der Waals surface area contributed by atoms with Crippen molar-refractivity contribution < 1.29 is 9.90 Å². The third-order valence-electron chi connectivity index (χ3n) is 5.61. The standard InChI is InChI=1S/C20H20Cl2N4O3/c1-23-19(29)17-18(28)16(27)10-25(24-17)11-20(6-2-3-7-20)26-9-14(22)13-8-12(21)4-5-15(13)26/h4-5,8-10,27H,2-3,6-7,11H2,1H3,(H,23,29). The Morgan fingerprint density at radius 3 is 2.69 bits per heavy atom. The molecule has 0 bridgehead atoms. The first-order valence-electron chi connectivity index (χ1n) is 9.34. The van der Waals surface area contributed by atoms with E-state index < -0.39 is 17.1 Å². The molecule has 1 aromatic carbocycles. The Morgan fingerprint density at radius 1 is 1.28 bits per heavy atom. The van der Waals surface area contributed by atoms with E-state index in [1.54, 1.807) is 0 Å². The lowest BCUT2D eigenvalue weighted by Crippen LogP contribution is -2.37. The average molecular weight is 435 g/mol. The molecule has 0 unspecified atom stereocenters. The van der Waals surface area contributed by atoms with Crippen molar-refractivity contribution in [1.29, 1.82) is 0 Å². The SMILES string of the molecule is CNC(=O)c1nn(CC2(n3cc(Cl)c4cc(Cl)ccc43)CCCC2)cc(O)c1=O. The van der Waals surface area contributed by atoms with E-state index in [4.69, 9.17) is 23.2 Å². The number of nitrogens with zero attached hydrogens (tertiary/aromatic N) is 3. The fourth-order valence-corrected chi connectivity index (χ4v) is 4.66. The highest BCUT2D eigenvalue weighted by Crippen LogP contribution is 2.42. The molecule has 2 aromatic heterocycles. The third-order valence-corrected chi connectivity index (χ3v) is 6.15. The molecule has 9 heteroatoms. The first-order chi connectivity index (χ1) is 13.8. The summed E-state index contributed by atoms with van der Waals surface area (Å²) >= 11 is 12.6. The molecule has 2 N–H and O–H groups in total. The van der Waals surface area contributed by atoms with Crippen LogP contribution in [-0.2, 0) is 12.1 Å². The maximum atomic E-state index is 12.1. The lowest BCUT2D eigenvalue weighted by atomic mass is 9.96. The topological polar surface area (TPSA) is 89.2 Å². The van der Waals surface area contributed by atoms with Crippen LogP contribution in [0.4, 0.5) is 0 Å². The summed E-state index contributed by atoms with van der Waals surface area (Å²) in [6, 6.07) is 5.61. The Balaban J connectivity index is 1.83. The summed E-state index contributed by atoms with van der Waals surface area (Å²) in [5.41, 5.74) is -0.515. The van der Waals surface area contributed by atoms with E-state index in [-0.39, 0.29) is 11.2 Å². The molecule has 2 heterocycles. The van der Waals surface area contributed by atoms with Crippen molar-refractivity contribution in [2.24, 2.45) is 0 Å². The van der Waals surface area contributed by atoms with Gasteiger partial charge < -0.3 is 15.0 Å². The quantitative estimate of drug-likeness (QED) is 0.656. The number of rotatable bonds is 4. The summed E-state index contributed by atoms with van der Waals surface area (Å²) < 4.78 is 3.62. The van der Waals surface area contributed by atoms with Gasteiger partial charge in [0.25, 0.3) is 11.3 Å². The summed E-state index contributed by atoms with van der Waals surface area (Å²) in [6.45, 7) is 0.383. The molecule has 1 amide bonds. The van der Waals surface area contributed by atoms with Crippen molar-refractivity contribution in [2.45, 2.75) is 37.8 Å². The summed E-state index contributed by atoms with van der Waals surface area (Å²) in [5.74, 6) is -1.14. The molecule has 4 rings (SSSR count). The number of hydrogen-bond donors (Lipinski definition) is 2. The van der Waals surface area contributed by atoms with Gasteiger partial charge in [0.15, 0.2) is 11.4 Å². The minimum absolute atomic E-state index is 0.331. The predicted molar refractivity (Wildman–Crippen MR) is 112 cm³/mol. The molecule has 0 atom stereocenters. The van der Waals surface area contributed by atoms with Crippen LogP contribution in [0.1, 0.15) is 36.2 Å². The molecule has 0 spiro atoms. The Labute approximate surface area is 176 Å². The minimum Gasteiger partial charge on any atom is -0.503 e. The predicted octanol–water partition coefficient (Wildman–Crippen LogP) is 3.54. The maximum Gasteiger partial charge on any atom is 0.275 e. The van der Waals surface area contributed by atoms with Crippen LogP contribution in [0.25, 0.3) is 10.9 Å². The Kier molecular flexibility index (Phi) is 5.04. The van der Waals surface area contributed by atoms with E-state index in [0.29, 0.717) is 16.6 Å². The van der Waals surface area contributed by atoms with Gasteiger partial charge in [-0.25, -0.2) is 0 Å². The number of fused-ring (bicyclic) bond motifs is 1. The molecule has 29 heavy (non-hydrogen) atoms. The molecule has 0 saturated heterocycles. The maximum absolute atomic E-state index is 12.1. The Morgan fingerprint density at radius 2 is 2.00 bits per heavy atom. The largest absolute Gasteiger partial charge is 0.503 e. The Hall–Kier alpha value is -2.51. The van der Waals surface area contributed by atoms with Crippen molar-refractivity contribution in [3.63, 3.8) is 0 Å². The first kappa shape index (κ1) is 19.8. The molecule has 1 fully saturated rings. The molecular formula is C20H20Cl2N4O3. The van der Waals surface area contributed by atoms with E-state index in [9.17, 15) is 14.7 Å². The van der Waals surface area contributed by atoms with Gasteiger partial charge in [-0.1, -0.05) is 36.0 Å². The van der Waals surface area contributed by atoms with Gasteiger partial charge in [-0.3, -0.25) is 14.3 Å². The van der Waals surface area contributed by atoms with Crippen LogP contribution in [0.2, 0.25) is 10.0 Å². The highest BCUT2D eigenvalue weighted by atomic mass is 35.5. The minimum atomic E-state index is -0.787. The van der Waals surface area contributed by atoms with Crippen LogP contribution in [0.15, 0.2) is 35.4 Å². The number of halogens is 2. The van der Waals surface area contributed by atoms with Gasteiger partial charge in [0.05, 0.1) is 28.8 Å². The molecule has 0 aliphatic heterocycles. The molecule has 1 saturated carbocycles. The number of hydrogen-bond acceptors (Lipinski definition) is 4. The second-order valence-electron chi connectivity index (χ2n) is 7.41. The van der Waals surface area contributed by atoms with Crippen molar-refractivity contribution in [1.82, 2.24) is 19.7 Å². The highest BCUT2D eigenvalue weighted by molar-refractivity contribution is 6.37. The monoisotopic (exact) mass is 434 g/mol. The molecule has 1 aliphatic carbocycles. The number of amides is 1. The van der Waals surface area contributed by atoms with Crippen molar-refractivity contribution in [3.8, 4) is 5.75 Å². The zero-order valence-electron chi connectivity index (χ0n) is 15.8. The number of aromatic hydroxyl groups is 1. The van der Waals surface area contributed by atoms with Gasteiger partial charge >= 0.3 is 0 Å². The van der Waals surface area contributed by atoms with Gasteiger partial charge in [0.1, 0.15) is 0 Å². The molecule has 0 radical (unpaired) electrons. The fraction of sp³-hybridized carbons (Fsp3) is 0.350. The zero-order chi connectivity index (χ0) is 20.8. The van der Waals surface area contributed by atoms with Gasteiger partial charge in [-0.2, -0.15) is 5.10 Å². The molecule has 3 aromatic rings. The van der Waals surface area contributed by atoms with Crippen LogP contribution in [0.3, 0.4) is 0 Å². The highest BCUT2D eigenvalue weighted by Gasteiger charge is 2.38. The second kappa shape index (κ2) is 7.39. The molecule has 7 nitrogen and oxygen atoms in total. The van der Waals surface area contributed by atoms with Crippen LogP contribution in [0, 0.1) is 0 Å². The molecule has 152 valence electrons. The van der Waals surface area contributed by atoms with Crippen molar-refractivity contribution in [3.05, 3.63) is 56.6 Å². The van der Waals surface area contributed by atoms with E-state index in [2.05, 4.69) is 15.0 Å². The number of benzene rings is 1. The summed E-state index contributed by atoms with van der Waals surface area (Å²) in [5, 5.41) is 18.7. The number of aromatic nitrogens is 3. The average Bonchev–Trinajstić information content (AvgIpc) is 3.29. The zero-order valence-corrected chi connectivity index (χ0v) is 17.3. The summed E-state index contributed by atoms with van der Waals surface area (Å²) in [6.07, 6.45) is 6.98. The van der Waals surface area contributed by atoms with E-state index in [1.807, 2.05) is 24.4 Å². The Bertz CT molecular complexity index is 1160. The molecular weight excluding hydrogens is 415 g/mol. The number of nitrogens with one attached hydrogen (secondary N) is 1. The normalized spacial score (nSPS) is 15.7. The van der Waals surface area contributed by atoms with Crippen molar-refractivity contribution in [2.75, 3.05) is 7.05 Å². The first-order valence-corrected chi connectivity index (χ1v) is 10.1. The van der Waals surface area contributed by atoms with Crippen LogP contribution < -0.4 is 10.7 Å². The fourth-order valence-electron chi connectivity index (χ4n) is 4.24. The van der Waals surface area contributed by atoms with Crippen LogP contribution >= 0.6 is 23.2 Å². The summed E-state index contributed by atoms with van der Waals surface area (Å²) in [7, 11) is 1.41. The second-order valence-corrected chi connectivity index (χ2v) is 8.25.